The van der Waals surface area contributed by atoms with Gasteiger partial charge in [0, 0.05) is 6.54 Å². The van der Waals surface area contributed by atoms with Crippen molar-refractivity contribution >= 4 is 46.3 Å². The van der Waals surface area contributed by atoms with Crippen molar-refractivity contribution in [3.8, 4) is 5.75 Å². The van der Waals surface area contributed by atoms with E-state index in [1.165, 1.54) is 16.7 Å². The summed E-state index contributed by atoms with van der Waals surface area (Å²) >= 11 is 6.33. The molecule has 1 N–H and O–H groups in total. The summed E-state index contributed by atoms with van der Waals surface area (Å²) < 4.78 is 5.96. The third-order valence-corrected chi connectivity index (χ3v) is 4.35. The highest BCUT2D eigenvalue weighted by Crippen LogP contribution is 2.32. The largest absolute Gasteiger partial charge is 0.491 e. The first-order chi connectivity index (χ1) is 10.9. The molecule has 1 aromatic carbocycles. The molecule has 0 atom stereocenters. The van der Waals surface area contributed by atoms with Crippen LogP contribution in [0.2, 0.25) is 0 Å². The van der Waals surface area contributed by atoms with Gasteiger partial charge in [-0.3, -0.25) is 14.5 Å². The van der Waals surface area contributed by atoms with Gasteiger partial charge in [0.25, 0.3) is 5.91 Å². The molecule has 7 heteroatoms. The molecule has 1 saturated heterocycles. The summed E-state index contributed by atoms with van der Waals surface area (Å²) in [4.78, 5) is 24.7. The maximum atomic E-state index is 12.3. The van der Waals surface area contributed by atoms with E-state index in [-0.39, 0.29) is 25.0 Å². The molecular formula is C16H17NO4S2. The van der Waals surface area contributed by atoms with Crippen LogP contribution in [0.3, 0.4) is 0 Å². The van der Waals surface area contributed by atoms with Crippen LogP contribution in [0.4, 0.5) is 0 Å². The van der Waals surface area contributed by atoms with Crippen LogP contribution in [0.15, 0.2) is 29.2 Å². The molecule has 0 saturated carbocycles. The van der Waals surface area contributed by atoms with Gasteiger partial charge < -0.3 is 9.84 Å². The fourth-order valence-corrected chi connectivity index (χ4v) is 3.27. The van der Waals surface area contributed by atoms with Crippen molar-refractivity contribution in [2.75, 3.05) is 6.54 Å². The summed E-state index contributed by atoms with van der Waals surface area (Å²) in [6.45, 7) is 4.01. The van der Waals surface area contributed by atoms with E-state index in [0.717, 1.165) is 11.3 Å². The Morgan fingerprint density at radius 2 is 2.04 bits per heavy atom. The highest BCUT2D eigenvalue weighted by atomic mass is 32.2. The van der Waals surface area contributed by atoms with Gasteiger partial charge in [-0.2, -0.15) is 0 Å². The van der Waals surface area contributed by atoms with Gasteiger partial charge in [-0.25, -0.2) is 0 Å². The topological polar surface area (TPSA) is 66.8 Å². The van der Waals surface area contributed by atoms with Crippen molar-refractivity contribution in [2.45, 2.75) is 26.4 Å². The lowest BCUT2D eigenvalue weighted by molar-refractivity contribution is -0.137. The number of carbonyl (C=O) groups is 2. The number of carbonyl (C=O) groups excluding carboxylic acids is 1. The van der Waals surface area contributed by atoms with Gasteiger partial charge in [-0.05, 0) is 37.6 Å². The molecule has 5 nitrogen and oxygen atoms in total. The fourth-order valence-electron chi connectivity index (χ4n) is 1.97. The molecule has 2 rings (SSSR count). The van der Waals surface area contributed by atoms with Gasteiger partial charge in [-0.1, -0.05) is 36.1 Å². The molecule has 0 spiro atoms. The Labute approximate surface area is 144 Å². The molecule has 0 aromatic heterocycles. The van der Waals surface area contributed by atoms with E-state index in [0.29, 0.717) is 9.23 Å². The first kappa shape index (κ1) is 17.5. The van der Waals surface area contributed by atoms with Gasteiger partial charge in [0.2, 0.25) is 0 Å². The van der Waals surface area contributed by atoms with Crippen molar-refractivity contribution in [1.29, 1.82) is 0 Å². The molecule has 1 fully saturated rings. The quantitative estimate of drug-likeness (QED) is 0.627. The van der Waals surface area contributed by atoms with Crippen LogP contribution >= 0.6 is 24.0 Å². The molecule has 1 heterocycles. The predicted molar refractivity (Wildman–Crippen MR) is 94.3 cm³/mol. The molecule has 0 radical (unpaired) electrons. The number of thioether (sulfide) groups is 1. The Hall–Kier alpha value is -1.86. The number of carboxylic acids is 1. The zero-order chi connectivity index (χ0) is 17.0. The molecule has 1 aromatic rings. The average molecular weight is 351 g/mol. The Morgan fingerprint density at radius 3 is 2.61 bits per heavy atom. The highest BCUT2D eigenvalue weighted by Gasteiger charge is 2.31. The molecular weight excluding hydrogens is 334 g/mol. The Balaban J connectivity index is 2.09. The first-order valence-electron chi connectivity index (χ1n) is 7.10. The Kier molecular flexibility index (Phi) is 5.79. The summed E-state index contributed by atoms with van der Waals surface area (Å²) in [5.41, 5.74) is 0.861. The van der Waals surface area contributed by atoms with Crippen LogP contribution in [-0.2, 0) is 9.59 Å². The fraction of sp³-hybridized carbons (Fsp3) is 0.312. The third-order valence-electron chi connectivity index (χ3n) is 2.97. The molecule has 122 valence electrons. The molecule has 0 aliphatic carbocycles. The van der Waals surface area contributed by atoms with E-state index in [4.69, 9.17) is 22.1 Å². The minimum Gasteiger partial charge on any atom is -0.491 e. The minimum atomic E-state index is -0.955. The molecule has 23 heavy (non-hydrogen) atoms. The first-order valence-corrected chi connectivity index (χ1v) is 8.33. The molecule has 0 unspecified atom stereocenters. The lowest BCUT2D eigenvalue weighted by Crippen LogP contribution is -2.30. The smallest absolute Gasteiger partial charge is 0.305 e. The standard InChI is InChI=1S/C16H17NO4S2/c1-10(2)21-12-5-3-11(4-6-12)9-13-15(20)17(16(22)23-13)8-7-14(18)19/h3-6,9-10H,7-8H2,1-2H3,(H,18,19)/b13-9-. The normalized spacial score (nSPS) is 16.5. The summed E-state index contributed by atoms with van der Waals surface area (Å²) in [5, 5.41) is 8.72. The van der Waals surface area contributed by atoms with Gasteiger partial charge in [0.1, 0.15) is 10.1 Å². The van der Waals surface area contributed by atoms with Crippen molar-refractivity contribution < 1.29 is 19.4 Å². The zero-order valence-corrected chi connectivity index (χ0v) is 14.4. The molecule has 1 aliphatic rings. The number of hydrogen-bond acceptors (Lipinski definition) is 5. The van der Waals surface area contributed by atoms with Gasteiger partial charge >= 0.3 is 5.97 Å². The maximum absolute atomic E-state index is 12.3. The van der Waals surface area contributed by atoms with Crippen molar-refractivity contribution in [3.63, 3.8) is 0 Å². The number of thiocarbonyl (C=S) groups is 1. The van der Waals surface area contributed by atoms with E-state index < -0.39 is 5.97 Å². The van der Waals surface area contributed by atoms with Crippen LogP contribution in [0.5, 0.6) is 5.75 Å². The van der Waals surface area contributed by atoms with Crippen LogP contribution in [-0.4, -0.2) is 38.9 Å². The van der Waals surface area contributed by atoms with Crippen LogP contribution < -0.4 is 4.74 Å². The lowest BCUT2D eigenvalue weighted by atomic mass is 10.2. The second-order valence-electron chi connectivity index (χ2n) is 5.21. The number of rotatable bonds is 6. The number of benzene rings is 1. The van der Waals surface area contributed by atoms with Crippen molar-refractivity contribution in [2.24, 2.45) is 0 Å². The van der Waals surface area contributed by atoms with E-state index in [1.807, 2.05) is 38.1 Å². The number of aliphatic carboxylic acids is 1. The summed E-state index contributed by atoms with van der Waals surface area (Å²) in [6.07, 6.45) is 1.73. The monoisotopic (exact) mass is 351 g/mol. The van der Waals surface area contributed by atoms with Crippen molar-refractivity contribution in [3.05, 3.63) is 34.7 Å². The molecule has 1 aliphatic heterocycles. The van der Waals surface area contributed by atoms with Gasteiger partial charge in [-0.15, -0.1) is 0 Å². The lowest BCUT2D eigenvalue weighted by Gasteiger charge is -2.12. The minimum absolute atomic E-state index is 0.0957. The second-order valence-corrected chi connectivity index (χ2v) is 6.89. The van der Waals surface area contributed by atoms with Crippen LogP contribution in [0, 0.1) is 0 Å². The molecule has 1 amide bonds. The summed E-state index contributed by atoms with van der Waals surface area (Å²) in [5.74, 6) is -0.432. The number of hydrogen-bond donors (Lipinski definition) is 1. The third kappa shape index (κ3) is 4.80. The zero-order valence-electron chi connectivity index (χ0n) is 12.8. The summed E-state index contributed by atoms with van der Waals surface area (Å²) in [6, 6.07) is 7.41. The SMILES string of the molecule is CC(C)Oc1ccc(/C=C2\SC(=S)N(CCC(=O)O)C2=O)cc1. The van der Waals surface area contributed by atoms with E-state index in [9.17, 15) is 9.59 Å². The second kappa shape index (κ2) is 7.61. The van der Waals surface area contributed by atoms with E-state index >= 15 is 0 Å². The maximum Gasteiger partial charge on any atom is 0.305 e. The van der Waals surface area contributed by atoms with Crippen molar-refractivity contribution in [1.82, 2.24) is 4.90 Å². The number of ether oxygens (including phenoxy) is 1. The number of nitrogens with zero attached hydrogens (tertiary/aromatic N) is 1. The highest BCUT2D eigenvalue weighted by molar-refractivity contribution is 8.26. The number of carboxylic acid groups (broad SMARTS) is 1. The van der Waals surface area contributed by atoms with Crippen LogP contribution in [0.25, 0.3) is 6.08 Å². The van der Waals surface area contributed by atoms with E-state index in [1.54, 1.807) is 6.08 Å². The number of amides is 1. The van der Waals surface area contributed by atoms with Gasteiger partial charge in [0.05, 0.1) is 17.4 Å². The Bertz CT molecular complexity index is 653. The average Bonchev–Trinajstić information content (AvgIpc) is 2.73. The van der Waals surface area contributed by atoms with E-state index in [2.05, 4.69) is 0 Å². The summed E-state index contributed by atoms with van der Waals surface area (Å²) in [7, 11) is 0. The van der Waals surface area contributed by atoms with Crippen LogP contribution in [0.1, 0.15) is 25.8 Å². The molecule has 0 bridgehead atoms. The predicted octanol–water partition coefficient (Wildman–Crippen LogP) is 3.15. The van der Waals surface area contributed by atoms with Gasteiger partial charge in [0.15, 0.2) is 0 Å². The Morgan fingerprint density at radius 1 is 1.39 bits per heavy atom.